The SMILES string of the molecule is CCCCNC(=O)CSc1nnc(-c2ccc(Cl)cc2)n1N. The molecule has 3 N–H and O–H groups in total. The van der Waals surface area contributed by atoms with E-state index in [4.69, 9.17) is 17.4 Å². The van der Waals surface area contributed by atoms with Gasteiger partial charge in [0.05, 0.1) is 5.75 Å². The molecule has 2 rings (SSSR count). The van der Waals surface area contributed by atoms with Crippen molar-refractivity contribution >= 4 is 29.3 Å². The van der Waals surface area contributed by atoms with Crippen LogP contribution < -0.4 is 11.2 Å². The highest BCUT2D eigenvalue weighted by Gasteiger charge is 2.13. The normalized spacial score (nSPS) is 10.6. The first-order valence-electron chi connectivity index (χ1n) is 6.97. The molecule has 1 aromatic heterocycles. The van der Waals surface area contributed by atoms with Gasteiger partial charge in [-0.05, 0) is 30.7 Å². The molecule has 1 heterocycles. The molecule has 0 aliphatic carbocycles. The number of nitrogens with zero attached hydrogens (tertiary/aromatic N) is 3. The lowest BCUT2D eigenvalue weighted by molar-refractivity contribution is -0.118. The van der Waals surface area contributed by atoms with Gasteiger partial charge in [0.25, 0.3) is 0 Å². The molecule has 22 heavy (non-hydrogen) atoms. The number of nitrogens with one attached hydrogen (secondary N) is 1. The summed E-state index contributed by atoms with van der Waals surface area (Å²) in [6.45, 7) is 2.78. The van der Waals surface area contributed by atoms with E-state index in [1.807, 2.05) is 12.1 Å². The average molecular weight is 340 g/mol. The molecular weight excluding hydrogens is 322 g/mol. The van der Waals surface area contributed by atoms with Gasteiger partial charge in [0.15, 0.2) is 5.82 Å². The summed E-state index contributed by atoms with van der Waals surface area (Å²) in [5, 5.41) is 12.1. The quantitative estimate of drug-likeness (QED) is 0.459. The van der Waals surface area contributed by atoms with Crippen LogP contribution in [0.4, 0.5) is 0 Å². The lowest BCUT2D eigenvalue weighted by Gasteiger charge is -2.05. The number of amides is 1. The van der Waals surface area contributed by atoms with E-state index in [1.165, 1.54) is 16.4 Å². The Labute approximate surface area is 138 Å². The van der Waals surface area contributed by atoms with Gasteiger partial charge in [0, 0.05) is 17.1 Å². The highest BCUT2D eigenvalue weighted by molar-refractivity contribution is 7.99. The van der Waals surface area contributed by atoms with Crippen molar-refractivity contribution in [3.8, 4) is 11.4 Å². The van der Waals surface area contributed by atoms with E-state index in [9.17, 15) is 4.79 Å². The molecule has 0 saturated heterocycles. The molecule has 118 valence electrons. The fourth-order valence-corrected chi connectivity index (χ4v) is 2.57. The van der Waals surface area contributed by atoms with E-state index >= 15 is 0 Å². The van der Waals surface area contributed by atoms with Gasteiger partial charge in [0.2, 0.25) is 11.1 Å². The second-order valence-electron chi connectivity index (χ2n) is 4.68. The van der Waals surface area contributed by atoms with Crippen LogP contribution in [0.1, 0.15) is 19.8 Å². The third kappa shape index (κ3) is 4.38. The van der Waals surface area contributed by atoms with Crippen LogP contribution >= 0.6 is 23.4 Å². The number of rotatable bonds is 7. The van der Waals surface area contributed by atoms with E-state index in [0.29, 0.717) is 22.5 Å². The van der Waals surface area contributed by atoms with Crippen molar-refractivity contribution in [2.24, 2.45) is 0 Å². The summed E-state index contributed by atoms with van der Waals surface area (Å²) in [6, 6.07) is 7.17. The van der Waals surface area contributed by atoms with Gasteiger partial charge in [-0.1, -0.05) is 36.7 Å². The van der Waals surface area contributed by atoms with E-state index in [1.54, 1.807) is 12.1 Å². The number of nitrogen functional groups attached to an aromatic ring is 1. The molecular formula is C14H18ClN5OS. The average Bonchev–Trinajstić information content (AvgIpc) is 2.87. The number of nitrogens with two attached hydrogens (primary N) is 1. The van der Waals surface area contributed by atoms with Crippen molar-refractivity contribution in [2.75, 3.05) is 18.1 Å². The summed E-state index contributed by atoms with van der Waals surface area (Å²) in [7, 11) is 0. The predicted octanol–water partition coefficient (Wildman–Crippen LogP) is 2.32. The van der Waals surface area contributed by atoms with Crippen molar-refractivity contribution in [2.45, 2.75) is 24.9 Å². The van der Waals surface area contributed by atoms with Crippen LogP contribution in [-0.4, -0.2) is 33.1 Å². The molecule has 6 nitrogen and oxygen atoms in total. The van der Waals surface area contributed by atoms with Crippen molar-refractivity contribution in [1.29, 1.82) is 0 Å². The lowest BCUT2D eigenvalue weighted by Crippen LogP contribution is -2.26. The van der Waals surface area contributed by atoms with Crippen molar-refractivity contribution in [3.63, 3.8) is 0 Å². The Morgan fingerprint density at radius 2 is 2.09 bits per heavy atom. The highest BCUT2D eigenvalue weighted by Crippen LogP contribution is 2.22. The third-order valence-corrected chi connectivity index (χ3v) is 4.15. The summed E-state index contributed by atoms with van der Waals surface area (Å²) >= 11 is 7.12. The molecule has 0 fully saturated rings. The van der Waals surface area contributed by atoms with Crippen LogP contribution in [0.2, 0.25) is 5.02 Å². The highest BCUT2D eigenvalue weighted by atomic mass is 35.5. The molecule has 0 aliphatic rings. The second-order valence-corrected chi connectivity index (χ2v) is 6.05. The van der Waals surface area contributed by atoms with Gasteiger partial charge >= 0.3 is 0 Å². The minimum Gasteiger partial charge on any atom is -0.355 e. The predicted molar refractivity (Wildman–Crippen MR) is 89.3 cm³/mol. The number of benzene rings is 1. The molecule has 0 spiro atoms. The summed E-state index contributed by atoms with van der Waals surface area (Å²) in [5.74, 6) is 6.75. The summed E-state index contributed by atoms with van der Waals surface area (Å²) in [4.78, 5) is 11.7. The molecule has 0 bridgehead atoms. The zero-order valence-corrected chi connectivity index (χ0v) is 13.8. The Bertz CT molecular complexity index is 629. The van der Waals surface area contributed by atoms with Gasteiger partial charge in [-0.3, -0.25) is 4.79 Å². The van der Waals surface area contributed by atoms with E-state index < -0.39 is 0 Å². The molecule has 0 aliphatic heterocycles. The van der Waals surface area contributed by atoms with Crippen molar-refractivity contribution in [1.82, 2.24) is 20.2 Å². The Balaban J connectivity index is 1.96. The molecule has 2 aromatic rings. The van der Waals surface area contributed by atoms with Crippen LogP contribution in [-0.2, 0) is 4.79 Å². The molecule has 0 radical (unpaired) electrons. The number of unbranched alkanes of at least 4 members (excludes halogenated alkanes) is 1. The smallest absolute Gasteiger partial charge is 0.230 e. The van der Waals surface area contributed by atoms with Gasteiger partial charge in [-0.15, -0.1) is 10.2 Å². The Kier molecular flexibility index (Phi) is 6.09. The third-order valence-electron chi connectivity index (χ3n) is 2.95. The number of hydrogen-bond donors (Lipinski definition) is 2. The first kappa shape index (κ1) is 16.6. The zero-order chi connectivity index (χ0) is 15.9. The first-order chi connectivity index (χ1) is 10.6. The standard InChI is InChI=1S/C14H18ClN5OS/c1-2-3-8-17-12(21)9-22-14-19-18-13(20(14)16)10-4-6-11(15)7-5-10/h4-7H,2-3,8-9,16H2,1H3,(H,17,21). The van der Waals surface area contributed by atoms with Crippen LogP contribution in [0.15, 0.2) is 29.4 Å². The van der Waals surface area contributed by atoms with Gasteiger partial charge in [0.1, 0.15) is 0 Å². The van der Waals surface area contributed by atoms with Gasteiger partial charge in [-0.25, -0.2) is 4.68 Å². The summed E-state index contributed by atoms with van der Waals surface area (Å²) in [6.07, 6.45) is 2.03. The minimum atomic E-state index is -0.0329. The van der Waals surface area contributed by atoms with E-state index in [2.05, 4.69) is 22.4 Å². The lowest BCUT2D eigenvalue weighted by atomic mass is 10.2. The van der Waals surface area contributed by atoms with Crippen LogP contribution in [0.25, 0.3) is 11.4 Å². The van der Waals surface area contributed by atoms with Crippen LogP contribution in [0.3, 0.4) is 0 Å². The van der Waals surface area contributed by atoms with E-state index in [-0.39, 0.29) is 11.7 Å². The largest absolute Gasteiger partial charge is 0.355 e. The monoisotopic (exact) mass is 339 g/mol. The number of hydrogen-bond acceptors (Lipinski definition) is 5. The first-order valence-corrected chi connectivity index (χ1v) is 8.34. The molecule has 1 amide bonds. The maximum absolute atomic E-state index is 11.7. The Morgan fingerprint density at radius 3 is 2.77 bits per heavy atom. The van der Waals surface area contributed by atoms with Gasteiger partial charge in [-0.2, -0.15) is 0 Å². The topological polar surface area (TPSA) is 85.8 Å². The molecule has 1 aromatic carbocycles. The second kappa shape index (κ2) is 8.05. The molecule has 8 heteroatoms. The van der Waals surface area contributed by atoms with Crippen LogP contribution in [0, 0.1) is 0 Å². The number of thioether (sulfide) groups is 1. The van der Waals surface area contributed by atoms with Crippen LogP contribution in [0.5, 0.6) is 0 Å². The maximum atomic E-state index is 11.7. The summed E-state index contributed by atoms with van der Waals surface area (Å²) < 4.78 is 1.38. The number of aromatic nitrogens is 3. The molecule has 0 saturated carbocycles. The molecule has 0 unspecified atom stereocenters. The van der Waals surface area contributed by atoms with E-state index in [0.717, 1.165) is 18.4 Å². The number of carbonyl (C=O) groups excluding carboxylic acids is 1. The Hall–Kier alpha value is -1.73. The van der Waals surface area contributed by atoms with Crippen molar-refractivity contribution in [3.05, 3.63) is 29.3 Å². The number of carbonyl (C=O) groups is 1. The zero-order valence-electron chi connectivity index (χ0n) is 12.3. The Morgan fingerprint density at radius 1 is 1.36 bits per heavy atom. The fraction of sp³-hybridized carbons (Fsp3) is 0.357. The maximum Gasteiger partial charge on any atom is 0.230 e. The van der Waals surface area contributed by atoms with Gasteiger partial charge < -0.3 is 11.2 Å². The summed E-state index contributed by atoms with van der Waals surface area (Å²) in [5.41, 5.74) is 0.818. The molecule has 0 atom stereocenters. The number of halogens is 1. The fourth-order valence-electron chi connectivity index (χ4n) is 1.76. The minimum absolute atomic E-state index is 0.0329. The van der Waals surface area contributed by atoms with Crippen molar-refractivity contribution < 1.29 is 4.79 Å².